The van der Waals surface area contributed by atoms with Crippen molar-refractivity contribution in [3.05, 3.63) is 53.6 Å². The van der Waals surface area contributed by atoms with Crippen LogP contribution in [0.3, 0.4) is 0 Å². The monoisotopic (exact) mass is 361 g/mol. The number of fused-ring (bicyclic) bond motifs is 4. The van der Waals surface area contributed by atoms with Gasteiger partial charge in [0.1, 0.15) is 5.75 Å². The van der Waals surface area contributed by atoms with Gasteiger partial charge in [-0.05, 0) is 59.7 Å². The van der Waals surface area contributed by atoms with Gasteiger partial charge in [0, 0.05) is 17.5 Å². The summed E-state index contributed by atoms with van der Waals surface area (Å²) in [6.07, 6.45) is 0.782. The maximum Gasteiger partial charge on any atom is 0.251 e. The molecule has 0 bridgehead atoms. The summed E-state index contributed by atoms with van der Waals surface area (Å²) >= 11 is 0. The second-order valence-corrected chi connectivity index (χ2v) is 6.64. The number of ether oxygens (including phenoxy) is 3. The van der Waals surface area contributed by atoms with Crippen molar-refractivity contribution in [3.8, 4) is 28.4 Å². The number of carbonyl (C=O) groups is 1. The first-order valence-corrected chi connectivity index (χ1v) is 9.16. The lowest BCUT2D eigenvalue weighted by Gasteiger charge is -2.23. The fourth-order valence-electron chi connectivity index (χ4n) is 3.96. The molecule has 0 spiro atoms. The number of rotatable bonds is 3. The number of carbonyl (C=O) groups excluding carboxylic acids is 1. The van der Waals surface area contributed by atoms with E-state index in [0.717, 1.165) is 56.7 Å². The molecule has 5 heteroatoms. The van der Waals surface area contributed by atoms with Crippen molar-refractivity contribution in [1.82, 2.24) is 5.32 Å². The maximum atomic E-state index is 12.5. The summed E-state index contributed by atoms with van der Waals surface area (Å²) in [4.78, 5) is 12.5. The van der Waals surface area contributed by atoms with E-state index >= 15 is 0 Å². The van der Waals surface area contributed by atoms with E-state index in [1.165, 1.54) is 0 Å². The number of amides is 1. The van der Waals surface area contributed by atoms with Crippen LogP contribution in [0.1, 0.15) is 22.8 Å². The summed E-state index contributed by atoms with van der Waals surface area (Å²) in [6.45, 7) is 3.44. The van der Waals surface area contributed by atoms with E-state index in [2.05, 4.69) is 5.32 Å². The number of nitrogens with one attached hydrogen (secondary N) is 1. The van der Waals surface area contributed by atoms with Crippen LogP contribution in [0.25, 0.3) is 21.9 Å². The molecule has 3 aromatic carbocycles. The highest BCUT2D eigenvalue weighted by atomic mass is 16.7. The van der Waals surface area contributed by atoms with Crippen LogP contribution in [-0.4, -0.2) is 25.9 Å². The third-order valence-corrected chi connectivity index (χ3v) is 5.11. The third kappa shape index (κ3) is 2.50. The van der Waals surface area contributed by atoms with Gasteiger partial charge in [-0.1, -0.05) is 18.2 Å². The van der Waals surface area contributed by atoms with Gasteiger partial charge in [0.2, 0.25) is 6.79 Å². The molecule has 0 aromatic heterocycles. The van der Waals surface area contributed by atoms with Crippen molar-refractivity contribution in [2.45, 2.75) is 13.3 Å². The summed E-state index contributed by atoms with van der Waals surface area (Å²) in [6, 6.07) is 13.9. The first kappa shape index (κ1) is 16.0. The Bertz CT molecular complexity index is 1060. The van der Waals surface area contributed by atoms with Crippen LogP contribution in [0.5, 0.6) is 17.2 Å². The summed E-state index contributed by atoms with van der Waals surface area (Å²) in [5.74, 6) is 2.31. The largest absolute Gasteiger partial charge is 0.494 e. The summed E-state index contributed by atoms with van der Waals surface area (Å²) in [7, 11) is 0. The van der Waals surface area contributed by atoms with Crippen LogP contribution in [-0.2, 0) is 6.42 Å². The molecule has 0 atom stereocenters. The van der Waals surface area contributed by atoms with Crippen LogP contribution < -0.4 is 19.5 Å². The third-order valence-electron chi connectivity index (χ3n) is 5.11. The molecule has 3 aromatic rings. The Morgan fingerprint density at radius 3 is 2.78 bits per heavy atom. The van der Waals surface area contributed by atoms with Crippen molar-refractivity contribution in [1.29, 1.82) is 0 Å². The van der Waals surface area contributed by atoms with Gasteiger partial charge in [0.05, 0.1) is 6.61 Å². The number of benzene rings is 3. The topological polar surface area (TPSA) is 56.8 Å². The van der Waals surface area contributed by atoms with Gasteiger partial charge in [-0.25, -0.2) is 0 Å². The molecule has 0 unspecified atom stereocenters. The minimum absolute atomic E-state index is 0.0250. The fraction of sp³-hybridized carbons (Fsp3) is 0.227. The predicted molar refractivity (Wildman–Crippen MR) is 103 cm³/mol. The minimum atomic E-state index is -0.0250. The van der Waals surface area contributed by atoms with Crippen LogP contribution in [0.4, 0.5) is 0 Å². The van der Waals surface area contributed by atoms with Crippen molar-refractivity contribution >= 4 is 16.7 Å². The van der Waals surface area contributed by atoms with Gasteiger partial charge in [-0.3, -0.25) is 4.79 Å². The Balaban J connectivity index is 1.82. The Kier molecular flexibility index (Phi) is 3.67. The highest BCUT2D eigenvalue weighted by Crippen LogP contribution is 2.46. The SMILES string of the molecule is CCOc1ccc(-c2c3c(cc4ccc5c(c24)OCO5)C(=O)NCC3)cc1. The molecule has 1 N–H and O–H groups in total. The van der Waals surface area contributed by atoms with E-state index < -0.39 is 0 Å². The van der Waals surface area contributed by atoms with E-state index in [9.17, 15) is 4.79 Å². The van der Waals surface area contributed by atoms with Crippen molar-refractivity contribution in [2.24, 2.45) is 0 Å². The molecule has 2 heterocycles. The summed E-state index contributed by atoms with van der Waals surface area (Å²) in [5, 5.41) is 4.92. The van der Waals surface area contributed by atoms with Crippen LogP contribution in [0.2, 0.25) is 0 Å². The molecule has 5 rings (SSSR count). The van der Waals surface area contributed by atoms with Crippen molar-refractivity contribution in [2.75, 3.05) is 19.9 Å². The van der Waals surface area contributed by atoms with Gasteiger partial charge < -0.3 is 19.5 Å². The highest BCUT2D eigenvalue weighted by Gasteiger charge is 2.27. The normalized spacial score (nSPS) is 14.8. The number of hydrogen-bond acceptors (Lipinski definition) is 4. The minimum Gasteiger partial charge on any atom is -0.494 e. The van der Waals surface area contributed by atoms with Gasteiger partial charge in [-0.15, -0.1) is 0 Å². The maximum absolute atomic E-state index is 12.5. The molecule has 0 fully saturated rings. The molecular weight excluding hydrogens is 342 g/mol. The molecule has 0 saturated heterocycles. The smallest absolute Gasteiger partial charge is 0.251 e. The molecule has 27 heavy (non-hydrogen) atoms. The quantitative estimate of drug-likeness (QED) is 0.768. The molecule has 2 aliphatic heterocycles. The standard InChI is InChI=1S/C22H19NO4/c1-2-25-15-6-3-13(4-7-15)19-16-9-10-23-22(24)17(16)11-14-5-8-18-21(20(14)19)27-12-26-18/h3-8,11H,2,9-10,12H2,1H3,(H,23,24). The van der Waals surface area contributed by atoms with E-state index in [1.54, 1.807) is 0 Å². The molecule has 0 aliphatic carbocycles. The molecule has 5 nitrogen and oxygen atoms in total. The zero-order valence-corrected chi connectivity index (χ0v) is 15.0. The van der Waals surface area contributed by atoms with Crippen LogP contribution in [0, 0.1) is 0 Å². The van der Waals surface area contributed by atoms with Gasteiger partial charge >= 0.3 is 0 Å². The summed E-state index contributed by atoms with van der Waals surface area (Å²) in [5.41, 5.74) is 3.87. The zero-order valence-electron chi connectivity index (χ0n) is 15.0. The van der Waals surface area contributed by atoms with E-state index in [4.69, 9.17) is 14.2 Å². The first-order chi connectivity index (χ1) is 13.3. The van der Waals surface area contributed by atoms with Crippen LogP contribution >= 0.6 is 0 Å². The van der Waals surface area contributed by atoms with Crippen molar-refractivity contribution < 1.29 is 19.0 Å². The summed E-state index contributed by atoms with van der Waals surface area (Å²) < 4.78 is 17.0. The fourth-order valence-corrected chi connectivity index (χ4v) is 3.96. The lowest BCUT2D eigenvalue weighted by atomic mass is 9.86. The van der Waals surface area contributed by atoms with Gasteiger partial charge in [0.25, 0.3) is 5.91 Å². The molecular formula is C22H19NO4. The predicted octanol–water partition coefficient (Wildman–Crippen LogP) is 3.92. The van der Waals surface area contributed by atoms with E-state index in [1.807, 2.05) is 49.4 Å². The Labute approximate surface area is 156 Å². The first-order valence-electron chi connectivity index (χ1n) is 9.16. The molecule has 0 radical (unpaired) electrons. The molecule has 136 valence electrons. The second-order valence-electron chi connectivity index (χ2n) is 6.64. The van der Waals surface area contributed by atoms with Gasteiger partial charge in [-0.2, -0.15) is 0 Å². The zero-order chi connectivity index (χ0) is 18.4. The Hall–Kier alpha value is -3.21. The van der Waals surface area contributed by atoms with Crippen molar-refractivity contribution in [3.63, 3.8) is 0 Å². The lowest BCUT2D eigenvalue weighted by Crippen LogP contribution is -2.32. The Morgan fingerprint density at radius 1 is 1.11 bits per heavy atom. The average molecular weight is 361 g/mol. The van der Waals surface area contributed by atoms with E-state index in [-0.39, 0.29) is 12.7 Å². The average Bonchev–Trinajstić information content (AvgIpc) is 3.17. The lowest BCUT2D eigenvalue weighted by molar-refractivity contribution is 0.0946. The second kappa shape index (κ2) is 6.20. The number of hydrogen-bond donors (Lipinski definition) is 1. The molecule has 2 aliphatic rings. The molecule has 1 amide bonds. The van der Waals surface area contributed by atoms with Gasteiger partial charge in [0.15, 0.2) is 11.5 Å². The van der Waals surface area contributed by atoms with E-state index in [0.29, 0.717) is 13.2 Å². The molecule has 0 saturated carbocycles. The highest BCUT2D eigenvalue weighted by molar-refractivity contribution is 6.10. The Morgan fingerprint density at radius 2 is 1.96 bits per heavy atom. The van der Waals surface area contributed by atoms with Crippen LogP contribution in [0.15, 0.2) is 42.5 Å².